The first-order valence-corrected chi connectivity index (χ1v) is 10.6. The van der Waals surface area contributed by atoms with Crippen LogP contribution in [0.15, 0.2) is 60.0 Å². The Morgan fingerprint density at radius 1 is 1.03 bits per heavy atom. The number of hydrogen-bond acceptors (Lipinski definition) is 4. The third kappa shape index (κ3) is 4.98. The fourth-order valence-corrected chi connectivity index (χ4v) is 4.15. The van der Waals surface area contributed by atoms with Gasteiger partial charge in [0.1, 0.15) is 16.6 Å². The molecule has 2 heterocycles. The van der Waals surface area contributed by atoms with Crippen molar-refractivity contribution in [1.82, 2.24) is 14.8 Å². The fraction of sp³-hybridized carbons (Fsp3) is 0.217. The molecule has 1 aromatic heterocycles. The van der Waals surface area contributed by atoms with Gasteiger partial charge in [-0.05, 0) is 36.4 Å². The van der Waals surface area contributed by atoms with Crippen molar-refractivity contribution in [3.63, 3.8) is 0 Å². The van der Waals surface area contributed by atoms with Crippen molar-refractivity contribution in [2.45, 2.75) is 6.54 Å². The monoisotopic (exact) mass is 425 g/mol. The Bertz CT molecular complexity index is 1040. The minimum atomic E-state index is -0.338. The van der Waals surface area contributed by atoms with Crippen molar-refractivity contribution >= 4 is 23.3 Å². The van der Waals surface area contributed by atoms with Gasteiger partial charge in [0.15, 0.2) is 0 Å². The van der Waals surface area contributed by atoms with E-state index in [4.69, 9.17) is 0 Å². The number of piperazine rings is 1. The van der Waals surface area contributed by atoms with Crippen LogP contribution in [0.5, 0.6) is 0 Å². The molecule has 1 fully saturated rings. The third-order valence-electron chi connectivity index (χ3n) is 5.02. The topological polar surface area (TPSA) is 36.4 Å². The molecule has 4 nitrogen and oxygen atoms in total. The zero-order valence-corrected chi connectivity index (χ0v) is 17.1. The van der Waals surface area contributed by atoms with E-state index >= 15 is 0 Å². The van der Waals surface area contributed by atoms with Gasteiger partial charge in [0.05, 0.1) is 5.69 Å². The van der Waals surface area contributed by atoms with E-state index in [0.29, 0.717) is 25.2 Å². The van der Waals surface area contributed by atoms with Gasteiger partial charge < -0.3 is 4.90 Å². The summed E-state index contributed by atoms with van der Waals surface area (Å²) in [6, 6.07) is 12.7. The number of hydrogen-bond donors (Lipinski definition) is 0. The molecule has 3 aromatic rings. The smallest absolute Gasteiger partial charge is 0.246 e. The predicted octanol–water partition coefficient (Wildman–Crippen LogP) is 4.45. The van der Waals surface area contributed by atoms with E-state index in [2.05, 4.69) is 9.88 Å². The van der Waals surface area contributed by atoms with E-state index in [1.165, 1.54) is 30.4 Å². The van der Waals surface area contributed by atoms with Crippen molar-refractivity contribution in [3.8, 4) is 10.6 Å². The molecule has 0 atom stereocenters. The molecule has 0 saturated carbocycles. The van der Waals surface area contributed by atoms with Crippen molar-refractivity contribution in [3.05, 3.63) is 82.9 Å². The first-order valence-electron chi connectivity index (χ1n) is 9.73. The highest BCUT2D eigenvalue weighted by Gasteiger charge is 2.20. The van der Waals surface area contributed by atoms with Gasteiger partial charge in [-0.3, -0.25) is 9.69 Å². The maximum Gasteiger partial charge on any atom is 0.246 e. The summed E-state index contributed by atoms with van der Waals surface area (Å²) < 4.78 is 26.7. The molecule has 7 heteroatoms. The van der Waals surface area contributed by atoms with Crippen LogP contribution in [0.2, 0.25) is 0 Å². The number of thiazole rings is 1. The normalized spacial score (nSPS) is 15.1. The molecule has 0 unspecified atom stereocenters. The molecular formula is C23H21F2N3OS. The number of carbonyl (C=O) groups is 1. The Morgan fingerprint density at radius 2 is 1.77 bits per heavy atom. The second-order valence-electron chi connectivity index (χ2n) is 7.11. The highest BCUT2D eigenvalue weighted by Crippen LogP contribution is 2.24. The van der Waals surface area contributed by atoms with E-state index < -0.39 is 0 Å². The van der Waals surface area contributed by atoms with Gasteiger partial charge in [0, 0.05) is 55.3 Å². The number of aromatic nitrogens is 1. The lowest BCUT2D eigenvalue weighted by Gasteiger charge is -2.33. The van der Waals surface area contributed by atoms with Crippen LogP contribution in [-0.4, -0.2) is 46.9 Å². The predicted molar refractivity (Wildman–Crippen MR) is 115 cm³/mol. The highest BCUT2D eigenvalue weighted by atomic mass is 32.1. The summed E-state index contributed by atoms with van der Waals surface area (Å²) in [5.41, 5.74) is 2.29. The number of rotatable bonds is 5. The van der Waals surface area contributed by atoms with E-state index in [-0.39, 0.29) is 17.5 Å². The Labute approximate surface area is 178 Å². The van der Waals surface area contributed by atoms with Gasteiger partial charge in [0.2, 0.25) is 5.91 Å². The summed E-state index contributed by atoms with van der Waals surface area (Å²) in [4.78, 5) is 21.1. The van der Waals surface area contributed by atoms with E-state index in [1.807, 2.05) is 5.38 Å². The molecule has 4 rings (SSSR count). The molecule has 0 bridgehead atoms. The molecule has 0 spiro atoms. The number of halogens is 2. The molecule has 1 amide bonds. The van der Waals surface area contributed by atoms with Crippen LogP contribution in [0, 0.1) is 11.6 Å². The first-order chi connectivity index (χ1) is 14.6. The fourth-order valence-electron chi connectivity index (χ4n) is 3.34. The van der Waals surface area contributed by atoms with Crippen LogP contribution in [-0.2, 0) is 11.3 Å². The molecule has 1 aliphatic rings. The molecule has 1 saturated heterocycles. The Hall–Kier alpha value is -2.90. The van der Waals surface area contributed by atoms with Crippen molar-refractivity contribution < 1.29 is 13.6 Å². The minimum Gasteiger partial charge on any atom is -0.337 e. The second-order valence-corrected chi connectivity index (χ2v) is 7.97. The highest BCUT2D eigenvalue weighted by molar-refractivity contribution is 7.13. The van der Waals surface area contributed by atoms with Crippen LogP contribution in [0.3, 0.4) is 0 Å². The molecule has 1 aliphatic heterocycles. The second kappa shape index (κ2) is 9.28. The molecule has 0 aliphatic carbocycles. The number of benzene rings is 2. The van der Waals surface area contributed by atoms with Crippen LogP contribution in [0.1, 0.15) is 11.3 Å². The van der Waals surface area contributed by atoms with Crippen LogP contribution in [0.25, 0.3) is 16.6 Å². The summed E-state index contributed by atoms with van der Waals surface area (Å²) >= 11 is 1.54. The van der Waals surface area contributed by atoms with Gasteiger partial charge in [-0.15, -0.1) is 11.3 Å². The van der Waals surface area contributed by atoms with Gasteiger partial charge in [0.25, 0.3) is 0 Å². The zero-order chi connectivity index (χ0) is 20.9. The van der Waals surface area contributed by atoms with Gasteiger partial charge in [-0.25, -0.2) is 13.8 Å². The Kier molecular flexibility index (Phi) is 6.30. The van der Waals surface area contributed by atoms with E-state index in [1.54, 1.807) is 46.6 Å². The molecule has 30 heavy (non-hydrogen) atoms. The van der Waals surface area contributed by atoms with Crippen molar-refractivity contribution in [1.29, 1.82) is 0 Å². The SMILES string of the molecule is O=C(C=Cc1ccccc1F)N1CCN(Cc2csc(-c3ccc(F)cc3)n2)CC1. The van der Waals surface area contributed by atoms with Gasteiger partial charge in [-0.2, -0.15) is 0 Å². The van der Waals surface area contributed by atoms with Crippen LogP contribution >= 0.6 is 11.3 Å². The maximum absolute atomic E-state index is 13.7. The number of nitrogens with zero attached hydrogens (tertiary/aromatic N) is 3. The van der Waals surface area contributed by atoms with Gasteiger partial charge in [-0.1, -0.05) is 18.2 Å². The van der Waals surface area contributed by atoms with Gasteiger partial charge >= 0.3 is 0 Å². The average Bonchev–Trinajstić information content (AvgIpc) is 3.22. The summed E-state index contributed by atoms with van der Waals surface area (Å²) in [7, 11) is 0. The number of carbonyl (C=O) groups excluding carboxylic acids is 1. The molecule has 0 radical (unpaired) electrons. The lowest BCUT2D eigenvalue weighted by atomic mass is 10.2. The summed E-state index contributed by atoms with van der Waals surface area (Å²) in [6.45, 7) is 3.46. The Morgan fingerprint density at radius 3 is 2.50 bits per heavy atom. The van der Waals surface area contributed by atoms with E-state index in [0.717, 1.165) is 29.4 Å². The van der Waals surface area contributed by atoms with Crippen LogP contribution < -0.4 is 0 Å². The maximum atomic E-state index is 13.7. The standard InChI is InChI=1S/C23H21F2N3OS/c24-19-8-5-18(6-9-19)23-26-20(16-30-23)15-27-11-13-28(14-12-27)22(29)10-7-17-3-1-2-4-21(17)25/h1-10,16H,11-15H2. The minimum absolute atomic E-state index is 0.106. The summed E-state index contributed by atoms with van der Waals surface area (Å²) in [5, 5.41) is 2.89. The Balaban J connectivity index is 1.29. The zero-order valence-electron chi connectivity index (χ0n) is 16.3. The third-order valence-corrected chi connectivity index (χ3v) is 5.96. The molecule has 2 aromatic carbocycles. The van der Waals surface area contributed by atoms with Crippen molar-refractivity contribution in [2.75, 3.05) is 26.2 Å². The quantitative estimate of drug-likeness (QED) is 0.567. The summed E-state index contributed by atoms with van der Waals surface area (Å²) in [6.07, 6.45) is 2.96. The molecule has 0 N–H and O–H groups in total. The molecule has 154 valence electrons. The largest absolute Gasteiger partial charge is 0.337 e. The average molecular weight is 426 g/mol. The lowest BCUT2D eigenvalue weighted by Crippen LogP contribution is -2.47. The lowest BCUT2D eigenvalue weighted by molar-refractivity contribution is -0.127. The van der Waals surface area contributed by atoms with E-state index in [9.17, 15) is 13.6 Å². The first kappa shape index (κ1) is 20.4. The number of amides is 1. The summed E-state index contributed by atoms with van der Waals surface area (Å²) in [5.74, 6) is -0.702. The molecular weight excluding hydrogens is 404 g/mol. The van der Waals surface area contributed by atoms with Crippen molar-refractivity contribution in [2.24, 2.45) is 0 Å². The van der Waals surface area contributed by atoms with Crippen LogP contribution in [0.4, 0.5) is 8.78 Å².